The number of amides is 2. The van der Waals surface area contributed by atoms with Gasteiger partial charge in [-0.05, 0) is 58.0 Å². The van der Waals surface area contributed by atoms with Crippen molar-refractivity contribution in [3.8, 4) is 0 Å². The molecule has 4 nitrogen and oxygen atoms in total. The zero-order valence-corrected chi connectivity index (χ0v) is 14.2. The lowest BCUT2D eigenvalue weighted by Gasteiger charge is -2.44. The highest BCUT2D eigenvalue weighted by atomic mass is 16.2. The van der Waals surface area contributed by atoms with E-state index in [1.54, 1.807) is 0 Å². The van der Waals surface area contributed by atoms with Gasteiger partial charge in [0.15, 0.2) is 0 Å². The van der Waals surface area contributed by atoms with Gasteiger partial charge < -0.3 is 15.1 Å². The molecule has 2 bridgehead atoms. The minimum atomic E-state index is 0.209. The van der Waals surface area contributed by atoms with Gasteiger partial charge >= 0.3 is 6.03 Å². The van der Waals surface area contributed by atoms with Crippen molar-refractivity contribution in [3.05, 3.63) is 0 Å². The Kier molecular flexibility index (Phi) is 5.61. The highest BCUT2D eigenvalue weighted by Gasteiger charge is 2.44. The van der Waals surface area contributed by atoms with Crippen molar-refractivity contribution in [3.63, 3.8) is 0 Å². The predicted octanol–water partition coefficient (Wildman–Crippen LogP) is 3.37. The maximum atomic E-state index is 12.5. The molecule has 2 atom stereocenters. The molecular formula is C18H33N3O. The average Bonchev–Trinajstić information content (AvgIpc) is 2.82. The van der Waals surface area contributed by atoms with Crippen LogP contribution in [0.15, 0.2) is 0 Å². The lowest BCUT2D eigenvalue weighted by Crippen LogP contribution is -2.55. The molecule has 3 heterocycles. The zero-order chi connectivity index (χ0) is 15.4. The molecule has 3 rings (SSSR count). The van der Waals surface area contributed by atoms with Crippen LogP contribution in [0.5, 0.6) is 0 Å². The summed E-state index contributed by atoms with van der Waals surface area (Å²) in [4.78, 5) is 17.4. The number of likely N-dealkylation sites (tertiary alicyclic amines) is 1. The molecule has 3 fully saturated rings. The highest BCUT2D eigenvalue weighted by Crippen LogP contribution is 2.38. The summed E-state index contributed by atoms with van der Waals surface area (Å²) >= 11 is 0. The summed E-state index contributed by atoms with van der Waals surface area (Å²) in [6, 6.07) is 1.94. The van der Waals surface area contributed by atoms with E-state index in [2.05, 4.69) is 22.0 Å². The quantitative estimate of drug-likeness (QED) is 0.791. The van der Waals surface area contributed by atoms with E-state index in [0.717, 1.165) is 19.0 Å². The fourth-order valence-electron chi connectivity index (χ4n) is 4.72. The first-order valence-electron chi connectivity index (χ1n) is 9.59. The Morgan fingerprint density at radius 1 is 1.00 bits per heavy atom. The van der Waals surface area contributed by atoms with Crippen molar-refractivity contribution < 1.29 is 4.79 Å². The molecule has 0 aliphatic carbocycles. The number of rotatable bonds is 5. The monoisotopic (exact) mass is 307 g/mol. The van der Waals surface area contributed by atoms with Crippen molar-refractivity contribution in [2.75, 3.05) is 19.6 Å². The van der Waals surface area contributed by atoms with Crippen molar-refractivity contribution in [1.82, 2.24) is 15.1 Å². The second-order valence-corrected chi connectivity index (χ2v) is 7.45. The molecule has 0 spiro atoms. The number of fused-ring (bicyclic) bond motifs is 2. The van der Waals surface area contributed by atoms with Gasteiger partial charge in [0.05, 0.1) is 0 Å². The number of hydrogen-bond acceptors (Lipinski definition) is 2. The van der Waals surface area contributed by atoms with Gasteiger partial charge in [-0.3, -0.25) is 0 Å². The number of urea groups is 1. The summed E-state index contributed by atoms with van der Waals surface area (Å²) in [6.07, 6.45) is 12.5. The standard InChI is InChI=1S/C18H33N3O/c1-2-3-5-10-19-18(22)21-15-8-9-16(21)14-17(13-15)20-11-6-4-7-12-20/h15-17H,2-14H2,1H3,(H,19,22). The van der Waals surface area contributed by atoms with Crippen LogP contribution in [0.3, 0.4) is 0 Å². The summed E-state index contributed by atoms with van der Waals surface area (Å²) in [5.74, 6) is 0. The predicted molar refractivity (Wildman–Crippen MR) is 90.0 cm³/mol. The Hall–Kier alpha value is -0.770. The molecule has 3 aliphatic heterocycles. The molecular weight excluding hydrogens is 274 g/mol. The fraction of sp³-hybridized carbons (Fsp3) is 0.944. The molecule has 126 valence electrons. The van der Waals surface area contributed by atoms with Crippen molar-refractivity contribution in [2.45, 2.75) is 89.3 Å². The third-order valence-corrected chi connectivity index (χ3v) is 5.91. The van der Waals surface area contributed by atoms with Crippen LogP contribution in [0.2, 0.25) is 0 Å². The molecule has 4 heteroatoms. The first-order chi connectivity index (χ1) is 10.8. The number of hydrogen-bond donors (Lipinski definition) is 1. The fourth-order valence-corrected chi connectivity index (χ4v) is 4.72. The number of carbonyl (C=O) groups is 1. The Morgan fingerprint density at radius 3 is 2.32 bits per heavy atom. The highest BCUT2D eigenvalue weighted by molar-refractivity contribution is 5.75. The molecule has 3 aliphatic rings. The minimum Gasteiger partial charge on any atom is -0.338 e. The zero-order valence-electron chi connectivity index (χ0n) is 14.2. The molecule has 2 unspecified atom stereocenters. The number of piperidine rings is 2. The Morgan fingerprint density at radius 2 is 1.68 bits per heavy atom. The van der Waals surface area contributed by atoms with E-state index < -0.39 is 0 Å². The summed E-state index contributed by atoms with van der Waals surface area (Å²) in [5.41, 5.74) is 0. The van der Waals surface area contributed by atoms with Gasteiger partial charge in [-0.2, -0.15) is 0 Å². The molecule has 2 amide bonds. The van der Waals surface area contributed by atoms with Gasteiger partial charge in [-0.1, -0.05) is 26.2 Å². The normalized spacial score (nSPS) is 32.2. The van der Waals surface area contributed by atoms with E-state index in [9.17, 15) is 4.79 Å². The van der Waals surface area contributed by atoms with Crippen LogP contribution < -0.4 is 5.32 Å². The number of nitrogens with one attached hydrogen (secondary N) is 1. The van der Waals surface area contributed by atoms with Crippen LogP contribution >= 0.6 is 0 Å². The maximum Gasteiger partial charge on any atom is 0.317 e. The van der Waals surface area contributed by atoms with E-state index in [1.807, 2.05) is 0 Å². The first-order valence-corrected chi connectivity index (χ1v) is 9.59. The van der Waals surface area contributed by atoms with Gasteiger partial charge in [-0.15, -0.1) is 0 Å². The summed E-state index contributed by atoms with van der Waals surface area (Å²) < 4.78 is 0. The molecule has 0 aromatic heterocycles. The largest absolute Gasteiger partial charge is 0.338 e. The summed E-state index contributed by atoms with van der Waals surface area (Å²) in [6.45, 7) is 5.62. The van der Waals surface area contributed by atoms with Crippen LogP contribution in [0.1, 0.15) is 71.1 Å². The van der Waals surface area contributed by atoms with E-state index in [0.29, 0.717) is 12.1 Å². The third kappa shape index (κ3) is 3.58. The number of unbranched alkanes of at least 4 members (excludes halogenated alkanes) is 2. The average molecular weight is 307 g/mol. The molecule has 0 saturated carbocycles. The van der Waals surface area contributed by atoms with E-state index in [4.69, 9.17) is 0 Å². The van der Waals surface area contributed by atoms with Crippen LogP contribution in [0, 0.1) is 0 Å². The Labute approximate surface area is 135 Å². The number of nitrogens with zero attached hydrogens (tertiary/aromatic N) is 2. The maximum absolute atomic E-state index is 12.5. The Balaban J connectivity index is 1.50. The number of carbonyl (C=O) groups excluding carboxylic acids is 1. The van der Waals surface area contributed by atoms with Crippen LogP contribution in [0.4, 0.5) is 4.79 Å². The minimum absolute atomic E-state index is 0.209. The molecule has 0 aromatic rings. The van der Waals surface area contributed by atoms with Gasteiger partial charge in [0.25, 0.3) is 0 Å². The topological polar surface area (TPSA) is 35.6 Å². The third-order valence-electron chi connectivity index (χ3n) is 5.91. The van der Waals surface area contributed by atoms with Gasteiger partial charge in [0, 0.05) is 24.7 Å². The molecule has 0 aromatic carbocycles. The van der Waals surface area contributed by atoms with Gasteiger partial charge in [0.1, 0.15) is 0 Å². The lowest BCUT2D eigenvalue weighted by molar-refractivity contribution is 0.0663. The van der Waals surface area contributed by atoms with Gasteiger partial charge in [-0.25, -0.2) is 4.79 Å². The molecule has 0 radical (unpaired) electrons. The van der Waals surface area contributed by atoms with Crippen molar-refractivity contribution in [2.24, 2.45) is 0 Å². The first kappa shape index (κ1) is 16.1. The summed E-state index contributed by atoms with van der Waals surface area (Å²) in [7, 11) is 0. The van der Waals surface area contributed by atoms with Crippen LogP contribution in [0.25, 0.3) is 0 Å². The van der Waals surface area contributed by atoms with Crippen LogP contribution in [-0.4, -0.2) is 53.6 Å². The molecule has 22 heavy (non-hydrogen) atoms. The molecule has 1 N–H and O–H groups in total. The smallest absolute Gasteiger partial charge is 0.317 e. The molecule has 3 saturated heterocycles. The lowest BCUT2D eigenvalue weighted by atomic mass is 9.94. The van der Waals surface area contributed by atoms with E-state index in [-0.39, 0.29) is 6.03 Å². The van der Waals surface area contributed by atoms with Crippen molar-refractivity contribution in [1.29, 1.82) is 0 Å². The SMILES string of the molecule is CCCCCNC(=O)N1C2CCC1CC(N1CCCCC1)C2. The second-order valence-electron chi connectivity index (χ2n) is 7.45. The second kappa shape index (κ2) is 7.67. The Bertz CT molecular complexity index is 353. The van der Waals surface area contributed by atoms with Crippen LogP contribution in [-0.2, 0) is 0 Å². The van der Waals surface area contributed by atoms with E-state index in [1.165, 1.54) is 70.9 Å². The van der Waals surface area contributed by atoms with Crippen molar-refractivity contribution >= 4 is 6.03 Å². The summed E-state index contributed by atoms with van der Waals surface area (Å²) in [5, 5.41) is 3.16. The van der Waals surface area contributed by atoms with Gasteiger partial charge in [0.2, 0.25) is 0 Å². The van der Waals surface area contributed by atoms with E-state index >= 15 is 0 Å².